The molecule has 138 heavy (non-hydrogen) atoms. The van der Waals surface area contributed by atoms with Gasteiger partial charge in [-0.15, -0.1) is 0 Å². The Labute approximate surface area is 802 Å². The highest BCUT2D eigenvalue weighted by Crippen LogP contribution is 2.25. The van der Waals surface area contributed by atoms with Crippen molar-refractivity contribution in [3.63, 3.8) is 0 Å². The fraction of sp³-hybridized carbons (Fsp3) is 0.558. The molecule has 2 heterocycles. The van der Waals surface area contributed by atoms with E-state index in [0.717, 1.165) is 0 Å². The Hall–Kier alpha value is -13.9. The molecule has 0 spiro atoms. The molecule has 43 heteroatoms. The van der Waals surface area contributed by atoms with Crippen LogP contribution in [0, 0.1) is 11.8 Å². The zero-order chi connectivity index (χ0) is 103. The predicted octanol–water partition coefficient (Wildman–Crippen LogP) is -0.748. The second kappa shape index (κ2) is 55.3. The van der Waals surface area contributed by atoms with Crippen molar-refractivity contribution in [3.05, 3.63) is 114 Å². The number of aliphatic carboxylic acids is 1. The monoisotopic (exact) mass is 1930 g/mol. The number of fused-ring (bicyclic) bond motifs is 1. The van der Waals surface area contributed by atoms with Gasteiger partial charge in [0.15, 0.2) is 0 Å². The first-order valence-corrected chi connectivity index (χ1v) is 46.5. The molecule has 18 atom stereocenters. The number of allylic oxidation sites excluding steroid dienone is 2. The molecule has 19 amide bonds. The number of primary amides is 2. The molecule has 25 N–H and O–H groups in total. The zero-order valence-corrected chi connectivity index (χ0v) is 81.0. The molecule has 3 aromatic carbocycles. The van der Waals surface area contributed by atoms with E-state index >= 15 is 28.8 Å². The molecule has 4 aromatic rings. The van der Waals surface area contributed by atoms with Gasteiger partial charge in [0.25, 0.3) is 0 Å². The average molecular weight is 1930 g/mol. The highest BCUT2D eigenvalue weighted by atomic mass is 16.4. The summed E-state index contributed by atoms with van der Waals surface area (Å²) in [6.07, 6.45) is 2.39. The zero-order valence-electron chi connectivity index (χ0n) is 81.0. The number of benzene rings is 3. The number of carbonyl (C=O) groups excluding carboxylic acids is 19. The lowest BCUT2D eigenvalue weighted by molar-refractivity contribution is -0.140. The molecule has 1 aliphatic rings. The van der Waals surface area contributed by atoms with E-state index in [1.54, 1.807) is 88.5 Å². The van der Waals surface area contributed by atoms with Crippen molar-refractivity contribution < 1.29 is 111 Å². The molecule has 758 valence electrons. The molecule has 43 nitrogen and oxygen atoms in total. The predicted molar refractivity (Wildman–Crippen MR) is 507 cm³/mol. The van der Waals surface area contributed by atoms with Crippen molar-refractivity contribution >= 4 is 129 Å². The number of aromatic nitrogens is 1. The van der Waals surface area contributed by atoms with Crippen LogP contribution in [-0.2, 0) is 115 Å². The number of phenols is 1. The van der Waals surface area contributed by atoms with Crippen molar-refractivity contribution in [3.8, 4) is 5.75 Å². The van der Waals surface area contributed by atoms with Gasteiger partial charge in [-0.2, -0.15) is 0 Å². The summed E-state index contributed by atoms with van der Waals surface area (Å²) in [6, 6.07) is -1.45. The van der Waals surface area contributed by atoms with Crippen LogP contribution in [0.1, 0.15) is 217 Å². The summed E-state index contributed by atoms with van der Waals surface area (Å²) in [4.78, 5) is 283. The number of aromatic hydroxyl groups is 1. The van der Waals surface area contributed by atoms with Gasteiger partial charge in [0.05, 0.1) is 6.10 Å². The minimum absolute atomic E-state index is 0.107. The van der Waals surface area contributed by atoms with Crippen molar-refractivity contribution in [2.24, 2.45) is 23.3 Å². The van der Waals surface area contributed by atoms with Gasteiger partial charge in [-0.05, 0) is 180 Å². The van der Waals surface area contributed by atoms with Gasteiger partial charge in [-0.1, -0.05) is 120 Å². The van der Waals surface area contributed by atoms with Crippen molar-refractivity contribution in [2.45, 2.75) is 327 Å². The summed E-state index contributed by atoms with van der Waals surface area (Å²) >= 11 is 0. The number of H-pyrrole nitrogens is 1. The number of aromatic amines is 1. The van der Waals surface area contributed by atoms with E-state index in [1.807, 2.05) is 12.2 Å². The molecule has 0 aliphatic carbocycles. The van der Waals surface area contributed by atoms with Crippen LogP contribution in [0.3, 0.4) is 0 Å². The van der Waals surface area contributed by atoms with Crippen LogP contribution in [0.4, 0.5) is 0 Å². The highest BCUT2D eigenvalue weighted by Gasteiger charge is 2.44. The van der Waals surface area contributed by atoms with E-state index in [1.165, 1.54) is 100 Å². The van der Waals surface area contributed by atoms with Crippen LogP contribution in [0.2, 0.25) is 0 Å². The van der Waals surface area contributed by atoms with Gasteiger partial charge < -0.3 is 122 Å². The molecule has 0 saturated carbocycles. The lowest BCUT2D eigenvalue weighted by atomic mass is 9.91. The molecule has 5 rings (SSSR count). The minimum atomic E-state index is -2.08. The number of nitrogens with one attached hydrogen (secondary N) is 18. The Kier molecular flexibility index (Phi) is 46.0. The van der Waals surface area contributed by atoms with E-state index in [-0.39, 0.29) is 75.4 Å². The fourth-order valence-electron chi connectivity index (χ4n) is 14.9. The molecule has 1 aliphatic heterocycles. The number of carboxylic acids is 1. The number of rotatable bonds is 37. The van der Waals surface area contributed by atoms with E-state index in [2.05, 4.69) is 95.4 Å². The third kappa shape index (κ3) is 38.3. The molecule has 0 fully saturated rings. The van der Waals surface area contributed by atoms with Crippen molar-refractivity contribution in [1.82, 2.24) is 95.4 Å². The van der Waals surface area contributed by atoms with E-state index < -0.39 is 258 Å². The van der Waals surface area contributed by atoms with Gasteiger partial charge in [0.1, 0.15) is 107 Å². The smallest absolute Gasteiger partial charge is 0.303 e. The summed E-state index contributed by atoms with van der Waals surface area (Å²) in [5.41, 5.74) is 8.67. The number of carbonyl (C=O) groups is 20. The van der Waals surface area contributed by atoms with Crippen LogP contribution in [0.5, 0.6) is 5.75 Å². The summed E-state index contributed by atoms with van der Waals surface area (Å²) < 4.78 is 0. The SMILES string of the molecule is CC(=O)N[C@@H](CC(C)C)C(=O)N[C@H](C(=O)N[C@@H](Cc1ccccc1)C(=O)N[C@]1(C)CCCCCC/C=C\CCC[C@@](C)(C(=O)N[C@@H](C)C(=O)N[C@@H](C)C(=O)N[C@@H](C)C(=O)N[C@@H](C)C(=O)N[C@@H](C)C(=O)N[C@H](C)C(N)=O)NC(=O)[C@H](CC(C)C)NC(=O)[C@@H](CCC(N)=O)NC(=O)[C@H](C)NC(=O)[C@H](Cc2c[nH]c3ccccc23)NC(=O)[C@H](Cc2ccc(O)cc2)NC(=O)[C@H](CCC(=O)O)NC1=O)[C@@H](C)O. The van der Waals surface area contributed by atoms with E-state index in [9.17, 15) is 82.4 Å². The minimum Gasteiger partial charge on any atom is -0.508 e. The summed E-state index contributed by atoms with van der Waals surface area (Å²) in [5.74, 6) is -19.7. The Morgan fingerprint density at radius 2 is 0.957 bits per heavy atom. The fourth-order valence-corrected chi connectivity index (χ4v) is 14.9. The van der Waals surface area contributed by atoms with Gasteiger partial charge in [0.2, 0.25) is 112 Å². The topological polar surface area (TPSA) is 674 Å². The third-order valence-corrected chi connectivity index (χ3v) is 23.1. The number of hydrogen-bond acceptors (Lipinski definition) is 22. The van der Waals surface area contributed by atoms with Gasteiger partial charge in [0, 0.05) is 56.1 Å². The first-order valence-electron chi connectivity index (χ1n) is 46.5. The number of aliphatic hydroxyl groups excluding tert-OH is 1. The first kappa shape index (κ1) is 115. The van der Waals surface area contributed by atoms with Gasteiger partial charge in [-0.25, -0.2) is 0 Å². The maximum absolute atomic E-state index is 15.6. The Morgan fingerprint density at radius 3 is 1.49 bits per heavy atom. The Morgan fingerprint density at radius 1 is 0.464 bits per heavy atom. The second-order valence-corrected chi connectivity index (χ2v) is 36.6. The molecule has 0 unspecified atom stereocenters. The molecular formula is C95H140N20O23. The largest absolute Gasteiger partial charge is 0.508 e. The number of amides is 19. The second-order valence-electron chi connectivity index (χ2n) is 36.6. The lowest BCUT2D eigenvalue weighted by Crippen LogP contribution is -2.65. The maximum Gasteiger partial charge on any atom is 0.303 e. The number of carboxylic acid groups (broad SMARTS) is 1. The number of phenolic OH excluding ortho intramolecular Hbond substituents is 1. The lowest BCUT2D eigenvalue weighted by Gasteiger charge is -2.34. The highest BCUT2D eigenvalue weighted by molar-refractivity contribution is 6.03. The summed E-state index contributed by atoms with van der Waals surface area (Å²) in [5, 5.41) is 76.0. The van der Waals surface area contributed by atoms with E-state index in [4.69, 9.17) is 11.5 Å². The summed E-state index contributed by atoms with van der Waals surface area (Å²) in [6.45, 7) is 21.2. The van der Waals surface area contributed by atoms with Crippen molar-refractivity contribution in [1.29, 1.82) is 0 Å². The molecule has 0 radical (unpaired) electrons. The number of para-hydroxylation sites is 1. The summed E-state index contributed by atoms with van der Waals surface area (Å²) in [7, 11) is 0. The molecule has 1 aromatic heterocycles. The first-order chi connectivity index (χ1) is 64.8. The third-order valence-electron chi connectivity index (χ3n) is 23.1. The van der Waals surface area contributed by atoms with E-state index in [0.29, 0.717) is 53.3 Å². The number of aliphatic hydroxyl groups is 1. The standard InChI is InChI=1S/C95H140N20O23/c1-50(2)44-69(106-60(13)117)88(133)113-76(59(12)116)91(136)111-72(46-61-30-24-23-25-31-61)90(135)115-95(15)43-29-22-20-18-16-17-19-21-28-42-94(14,92(137)105-58(11)82(127)103-56(9)81(126)102-55(8)80(125)101-54(7)79(124)100-53(6)78(123)99-52(5)77(97)122)114-89(134)70(45-51(3)4)108-84(129)67(38-40-74(96)119)107-83(128)57(10)104-86(131)73(48-63-49-98-66-33-27-26-32-65(63)66)110-87(132)71(47-62-34-36-64(118)37-35-62)109-85(130)68(112-93(95)138)39-41-75(120)121/h17,19,23-27,30-37,49-59,67-73,76,98,116,118H,16,18,20-22,28-29,38-48H2,1-15H3,(H2,96,119)(H2,97,122)(H,99,123)(H,100,124)(H,101,125)(H,102,126)(H,103,127)(H,104,131)(H,105,137)(H,106,117)(H,107,128)(H,108,129)(H,109,130)(H,110,132)(H,111,136)(H,112,138)(H,113,133)(H,114,134)(H,115,135)(H,120,121)/b19-17-/t52-,53+,54+,55+,56+,57+,58+,59-,67-,68+,69+,70+,71+,72+,73+,76+,94+,95-/m1/s1. The van der Waals surface area contributed by atoms with Crippen LogP contribution in [0.15, 0.2) is 97.2 Å². The Balaban J connectivity index is 1.58. The van der Waals surface area contributed by atoms with Crippen LogP contribution >= 0.6 is 0 Å². The Bertz CT molecular complexity index is 4970. The van der Waals surface area contributed by atoms with Crippen molar-refractivity contribution in [2.75, 3.05) is 0 Å². The molecule has 0 saturated heterocycles. The normalized spacial score (nSPS) is 21.9. The van der Waals surface area contributed by atoms with Crippen LogP contribution in [-0.4, -0.2) is 246 Å². The van der Waals surface area contributed by atoms with Crippen LogP contribution < -0.4 is 102 Å². The van der Waals surface area contributed by atoms with Gasteiger partial charge in [-0.3, -0.25) is 95.9 Å². The van der Waals surface area contributed by atoms with Gasteiger partial charge >= 0.3 is 5.97 Å². The molecule has 0 bridgehead atoms. The number of nitrogens with two attached hydrogens (primary N) is 2. The average Bonchev–Trinajstić information content (AvgIpc) is 1.57. The maximum atomic E-state index is 15.6. The van der Waals surface area contributed by atoms with Crippen LogP contribution in [0.25, 0.3) is 10.9 Å². The molecular weight excluding hydrogens is 1790 g/mol. The quantitative estimate of drug-likeness (QED) is 0.0247. The number of hydrogen-bond donors (Lipinski definition) is 23.